The molecule has 0 fully saturated rings. The van der Waals surface area contributed by atoms with Gasteiger partial charge in [0.15, 0.2) is 0 Å². The molecule has 0 bridgehead atoms. The molecule has 3 heteroatoms. The van der Waals surface area contributed by atoms with Crippen LogP contribution in [0.15, 0.2) is 138 Å². The number of nitrogens with two attached hydrogens (primary N) is 1. The van der Waals surface area contributed by atoms with E-state index >= 15 is 0 Å². The smallest absolute Gasteiger partial charge is 0.0863 e. The van der Waals surface area contributed by atoms with E-state index in [0.29, 0.717) is 0 Å². The van der Waals surface area contributed by atoms with Crippen LogP contribution >= 0.6 is 0 Å². The van der Waals surface area contributed by atoms with E-state index in [1.807, 2.05) is 42.5 Å². The molecule has 0 unspecified atom stereocenters. The summed E-state index contributed by atoms with van der Waals surface area (Å²) in [5.74, 6) is 0. The molecule has 0 aliphatic carbocycles. The third kappa shape index (κ3) is 3.88. The predicted molar refractivity (Wildman–Crippen MR) is 173 cm³/mol. The molecule has 7 aromatic carbocycles. The van der Waals surface area contributed by atoms with Crippen LogP contribution in [0.5, 0.6) is 0 Å². The van der Waals surface area contributed by atoms with E-state index in [4.69, 9.17) is 5.73 Å². The highest BCUT2D eigenvalue weighted by Crippen LogP contribution is 2.46. The second-order valence-electron chi connectivity index (χ2n) is 9.97. The summed E-state index contributed by atoms with van der Waals surface area (Å²) in [6, 6.07) is 46.5. The zero-order chi connectivity index (χ0) is 27.1. The second kappa shape index (κ2) is 9.72. The lowest BCUT2D eigenvalue weighted by Gasteiger charge is -2.20. The average Bonchev–Trinajstić information content (AvgIpc) is 3.01. The van der Waals surface area contributed by atoms with Gasteiger partial charge in [0.25, 0.3) is 0 Å². The first kappa shape index (κ1) is 23.7. The van der Waals surface area contributed by atoms with Crippen molar-refractivity contribution in [1.29, 1.82) is 0 Å². The molecule has 3 nitrogen and oxygen atoms in total. The van der Waals surface area contributed by atoms with E-state index in [1.54, 1.807) is 0 Å². The lowest BCUT2D eigenvalue weighted by atomic mass is 9.84. The van der Waals surface area contributed by atoms with Gasteiger partial charge in [-0.25, -0.2) is 0 Å². The standard InChI is InChI=1S/C37H27N3/c1-39-35-23-24(19-22-34(35)40-25-11-3-2-4-12-25)36-28-15-7-9-17-30(28)37(31-18-10-8-16-29(31)36)32-20-21-33(38)27-14-6-5-13-26(27)32/h2-23,40H,1,38H2. The van der Waals surface area contributed by atoms with Gasteiger partial charge in [0.2, 0.25) is 0 Å². The van der Waals surface area contributed by atoms with Crippen LogP contribution in [-0.4, -0.2) is 6.72 Å². The lowest BCUT2D eigenvalue weighted by molar-refractivity contribution is 1.49. The van der Waals surface area contributed by atoms with Crippen molar-refractivity contribution >= 4 is 61.8 Å². The van der Waals surface area contributed by atoms with Gasteiger partial charge in [-0.05, 0) is 86.2 Å². The number of rotatable bonds is 5. The average molecular weight is 514 g/mol. The van der Waals surface area contributed by atoms with Crippen molar-refractivity contribution in [3.05, 3.63) is 133 Å². The molecule has 0 saturated carbocycles. The van der Waals surface area contributed by atoms with E-state index < -0.39 is 0 Å². The summed E-state index contributed by atoms with van der Waals surface area (Å²) >= 11 is 0. The van der Waals surface area contributed by atoms with E-state index in [0.717, 1.165) is 39.1 Å². The van der Waals surface area contributed by atoms with Gasteiger partial charge in [-0.15, -0.1) is 0 Å². The maximum atomic E-state index is 6.40. The van der Waals surface area contributed by atoms with Gasteiger partial charge < -0.3 is 11.1 Å². The highest BCUT2D eigenvalue weighted by atomic mass is 14.9. The third-order valence-corrected chi connectivity index (χ3v) is 7.67. The van der Waals surface area contributed by atoms with Crippen molar-refractivity contribution in [2.24, 2.45) is 4.99 Å². The molecule has 7 rings (SSSR count). The monoisotopic (exact) mass is 513 g/mol. The second-order valence-corrected chi connectivity index (χ2v) is 9.97. The Labute approximate surface area is 233 Å². The van der Waals surface area contributed by atoms with E-state index in [2.05, 4.69) is 108 Å². The first-order chi connectivity index (χ1) is 19.7. The molecule has 0 aliphatic rings. The quantitative estimate of drug-likeness (QED) is 0.137. The summed E-state index contributed by atoms with van der Waals surface area (Å²) in [7, 11) is 0. The van der Waals surface area contributed by atoms with Crippen LogP contribution in [0.25, 0.3) is 54.6 Å². The fraction of sp³-hybridized carbons (Fsp3) is 0. The summed E-state index contributed by atoms with van der Waals surface area (Å²) in [5, 5.41) is 10.5. The fourth-order valence-corrected chi connectivity index (χ4v) is 5.87. The van der Waals surface area contributed by atoms with Crippen LogP contribution in [-0.2, 0) is 0 Å². The highest BCUT2D eigenvalue weighted by Gasteiger charge is 2.19. The summed E-state index contributed by atoms with van der Waals surface area (Å²) in [6.45, 7) is 3.88. The lowest BCUT2D eigenvalue weighted by Crippen LogP contribution is -1.94. The number of nitrogen functional groups attached to an aromatic ring is 1. The first-order valence-electron chi connectivity index (χ1n) is 13.4. The molecule has 40 heavy (non-hydrogen) atoms. The maximum Gasteiger partial charge on any atom is 0.0863 e. The minimum atomic E-state index is 0.790. The SMILES string of the molecule is C=Nc1cc(-c2c3ccccc3c(-c3ccc(N)c4ccccc34)c3ccccc23)ccc1Nc1ccccc1. The summed E-state index contributed by atoms with van der Waals surface area (Å²) in [5.41, 5.74) is 14.6. The maximum absolute atomic E-state index is 6.40. The van der Waals surface area contributed by atoms with Gasteiger partial charge in [-0.3, -0.25) is 4.99 Å². The van der Waals surface area contributed by atoms with Crippen molar-refractivity contribution in [2.45, 2.75) is 0 Å². The Morgan fingerprint density at radius 1 is 0.525 bits per heavy atom. The molecule has 3 N–H and O–H groups in total. The largest absolute Gasteiger partial charge is 0.398 e. The van der Waals surface area contributed by atoms with Gasteiger partial charge in [-0.1, -0.05) is 103 Å². The highest BCUT2D eigenvalue weighted by molar-refractivity contribution is 6.24. The minimum Gasteiger partial charge on any atom is -0.398 e. The van der Waals surface area contributed by atoms with Crippen LogP contribution in [0.4, 0.5) is 22.7 Å². The third-order valence-electron chi connectivity index (χ3n) is 7.67. The van der Waals surface area contributed by atoms with Gasteiger partial charge in [-0.2, -0.15) is 0 Å². The van der Waals surface area contributed by atoms with Gasteiger partial charge in [0.05, 0.1) is 11.4 Å². The first-order valence-corrected chi connectivity index (χ1v) is 13.4. The number of hydrogen-bond acceptors (Lipinski definition) is 3. The normalized spacial score (nSPS) is 11.2. The summed E-state index contributed by atoms with van der Waals surface area (Å²) in [4.78, 5) is 4.40. The molecule has 0 heterocycles. The van der Waals surface area contributed by atoms with E-state index in [9.17, 15) is 0 Å². The van der Waals surface area contributed by atoms with Crippen molar-refractivity contribution in [2.75, 3.05) is 11.1 Å². The van der Waals surface area contributed by atoms with Crippen LogP contribution in [0, 0.1) is 0 Å². The molecule has 0 saturated heterocycles. The van der Waals surface area contributed by atoms with Crippen LogP contribution in [0.3, 0.4) is 0 Å². The van der Waals surface area contributed by atoms with Gasteiger partial charge in [0.1, 0.15) is 0 Å². The van der Waals surface area contributed by atoms with Crippen LogP contribution < -0.4 is 11.1 Å². The molecule has 0 spiro atoms. The molecule has 0 amide bonds. The van der Waals surface area contributed by atoms with E-state index in [-0.39, 0.29) is 0 Å². The van der Waals surface area contributed by atoms with Gasteiger partial charge in [0, 0.05) is 16.8 Å². The molecule has 190 valence electrons. The molecule has 0 atom stereocenters. The molecular weight excluding hydrogens is 486 g/mol. The number of nitrogens with one attached hydrogen (secondary N) is 1. The van der Waals surface area contributed by atoms with Crippen LogP contribution in [0.2, 0.25) is 0 Å². The van der Waals surface area contributed by atoms with Gasteiger partial charge >= 0.3 is 0 Å². The molecular formula is C37H27N3. The topological polar surface area (TPSA) is 50.4 Å². The Morgan fingerprint density at radius 2 is 1.07 bits per heavy atom. The molecule has 0 aliphatic heterocycles. The molecule has 0 radical (unpaired) electrons. The zero-order valence-corrected chi connectivity index (χ0v) is 21.9. The summed E-state index contributed by atoms with van der Waals surface area (Å²) in [6.07, 6.45) is 0. The Bertz CT molecular complexity index is 2000. The number of aliphatic imine (C=N–C) groups is 1. The Hall–Kier alpha value is -5.41. The van der Waals surface area contributed by atoms with Crippen LogP contribution in [0.1, 0.15) is 0 Å². The molecule has 0 aromatic heterocycles. The molecule has 7 aromatic rings. The Kier molecular flexibility index (Phi) is 5.76. The number of anilines is 3. The number of hydrogen-bond donors (Lipinski definition) is 2. The Balaban J connectivity index is 1.51. The minimum absolute atomic E-state index is 0.790. The number of fused-ring (bicyclic) bond motifs is 3. The van der Waals surface area contributed by atoms with Crippen molar-refractivity contribution in [3.8, 4) is 22.3 Å². The van der Waals surface area contributed by atoms with Crippen molar-refractivity contribution < 1.29 is 0 Å². The zero-order valence-electron chi connectivity index (χ0n) is 21.9. The number of para-hydroxylation sites is 1. The fourth-order valence-electron chi connectivity index (χ4n) is 5.87. The van der Waals surface area contributed by atoms with Crippen molar-refractivity contribution in [3.63, 3.8) is 0 Å². The predicted octanol–water partition coefficient (Wildman–Crippen LogP) is 10.1. The van der Waals surface area contributed by atoms with Crippen molar-refractivity contribution in [1.82, 2.24) is 0 Å². The van der Waals surface area contributed by atoms with E-state index in [1.165, 1.54) is 38.2 Å². The number of nitrogens with zero attached hydrogens (tertiary/aromatic N) is 1. The summed E-state index contributed by atoms with van der Waals surface area (Å²) < 4.78 is 0. The number of benzene rings is 7. The Morgan fingerprint density at radius 3 is 1.70 bits per heavy atom.